The number of hydrogen-bond acceptors (Lipinski definition) is 6. The molecule has 0 aliphatic carbocycles. The fourth-order valence-corrected chi connectivity index (χ4v) is 3.10. The van der Waals surface area contributed by atoms with E-state index in [0.717, 1.165) is 19.4 Å². The van der Waals surface area contributed by atoms with Crippen LogP contribution in [0.5, 0.6) is 0 Å². The van der Waals surface area contributed by atoms with Crippen LogP contribution in [0.1, 0.15) is 60.3 Å². The van der Waals surface area contributed by atoms with Crippen LogP contribution in [0, 0.1) is 5.92 Å². The summed E-state index contributed by atoms with van der Waals surface area (Å²) in [4.78, 5) is 11.7. The molecule has 156 valence electrons. The van der Waals surface area contributed by atoms with E-state index in [1.54, 1.807) is 0 Å². The van der Waals surface area contributed by atoms with Gasteiger partial charge in [0.1, 0.15) is 0 Å². The van der Waals surface area contributed by atoms with Crippen molar-refractivity contribution in [1.82, 2.24) is 10.0 Å². The Balaban J connectivity index is 3.68. The average Bonchev–Trinajstić information content (AvgIpc) is 2.47. The quantitative estimate of drug-likeness (QED) is 0.413. The predicted molar refractivity (Wildman–Crippen MR) is 105 cm³/mol. The van der Waals surface area contributed by atoms with Crippen LogP contribution in [-0.4, -0.2) is 58.6 Å². The standard InChI is InChI=1S/C18H38N2O5S/c1-16(2)8-11-24-13-14-25-12-9-17(21)20-26(22,23)15-7-6-10-19-18(3,4)5/h16,19H,6-15H2,1-5H3,(H,20,21). The summed E-state index contributed by atoms with van der Waals surface area (Å²) in [6.45, 7) is 13.0. The van der Waals surface area contributed by atoms with E-state index in [1.807, 2.05) is 0 Å². The Hall–Kier alpha value is -0.700. The first-order chi connectivity index (χ1) is 12.0. The van der Waals surface area contributed by atoms with Gasteiger partial charge in [0.25, 0.3) is 0 Å². The second-order valence-electron chi connectivity index (χ2n) is 7.89. The van der Waals surface area contributed by atoms with Crippen molar-refractivity contribution in [3.63, 3.8) is 0 Å². The molecule has 0 rings (SSSR count). The van der Waals surface area contributed by atoms with Crippen molar-refractivity contribution in [2.24, 2.45) is 5.92 Å². The molecule has 0 atom stereocenters. The zero-order chi connectivity index (χ0) is 20.1. The first kappa shape index (κ1) is 25.3. The highest BCUT2D eigenvalue weighted by molar-refractivity contribution is 7.90. The summed E-state index contributed by atoms with van der Waals surface area (Å²) in [6.07, 6.45) is 2.28. The van der Waals surface area contributed by atoms with Crippen molar-refractivity contribution in [3.05, 3.63) is 0 Å². The number of unbranched alkanes of at least 4 members (excludes halogenated alkanes) is 1. The highest BCUT2D eigenvalue weighted by Crippen LogP contribution is 2.01. The normalized spacial score (nSPS) is 12.5. The van der Waals surface area contributed by atoms with E-state index in [9.17, 15) is 13.2 Å². The van der Waals surface area contributed by atoms with E-state index in [1.165, 1.54) is 0 Å². The molecule has 7 nitrogen and oxygen atoms in total. The lowest BCUT2D eigenvalue weighted by molar-refractivity contribution is -0.120. The van der Waals surface area contributed by atoms with Crippen molar-refractivity contribution in [2.45, 2.75) is 65.8 Å². The molecule has 0 aromatic rings. The van der Waals surface area contributed by atoms with Gasteiger partial charge in [-0.1, -0.05) is 13.8 Å². The molecule has 0 radical (unpaired) electrons. The van der Waals surface area contributed by atoms with Crippen molar-refractivity contribution >= 4 is 15.9 Å². The molecular weight excluding hydrogens is 356 g/mol. The van der Waals surface area contributed by atoms with Gasteiger partial charge in [-0.2, -0.15) is 0 Å². The molecule has 0 heterocycles. The van der Waals surface area contributed by atoms with Gasteiger partial charge < -0.3 is 14.8 Å². The second kappa shape index (κ2) is 13.5. The van der Waals surface area contributed by atoms with Crippen molar-refractivity contribution in [1.29, 1.82) is 0 Å². The molecule has 0 saturated heterocycles. The number of hydrogen-bond donors (Lipinski definition) is 2. The van der Waals surface area contributed by atoms with Crippen molar-refractivity contribution in [3.8, 4) is 0 Å². The molecule has 0 aliphatic rings. The molecule has 1 amide bonds. The number of amides is 1. The van der Waals surface area contributed by atoms with Crippen LogP contribution in [0.2, 0.25) is 0 Å². The van der Waals surface area contributed by atoms with Gasteiger partial charge in [0, 0.05) is 12.1 Å². The molecule has 2 N–H and O–H groups in total. The molecule has 0 unspecified atom stereocenters. The molecule has 0 spiro atoms. The number of nitrogens with one attached hydrogen (secondary N) is 2. The van der Waals surface area contributed by atoms with Crippen molar-refractivity contribution in [2.75, 3.05) is 38.7 Å². The van der Waals surface area contributed by atoms with E-state index in [2.05, 4.69) is 44.7 Å². The van der Waals surface area contributed by atoms with Crippen LogP contribution in [0.15, 0.2) is 0 Å². The third-order valence-corrected chi connectivity index (χ3v) is 4.81. The Labute approximate surface area is 159 Å². The van der Waals surface area contributed by atoms with Gasteiger partial charge in [0.05, 0.1) is 32.0 Å². The Bertz CT molecular complexity index is 472. The second-order valence-corrected chi connectivity index (χ2v) is 9.73. The molecule has 8 heteroatoms. The minimum atomic E-state index is -3.57. The molecule has 0 saturated carbocycles. The summed E-state index contributed by atoms with van der Waals surface area (Å²) < 4.78 is 36.5. The summed E-state index contributed by atoms with van der Waals surface area (Å²) in [5.41, 5.74) is 0.0204. The van der Waals surface area contributed by atoms with Gasteiger partial charge in [-0.05, 0) is 52.5 Å². The highest BCUT2D eigenvalue weighted by Gasteiger charge is 2.14. The zero-order valence-corrected chi connectivity index (χ0v) is 17.9. The molecule has 0 fully saturated rings. The molecule has 0 aromatic carbocycles. The van der Waals surface area contributed by atoms with Gasteiger partial charge >= 0.3 is 0 Å². The van der Waals surface area contributed by atoms with Crippen LogP contribution >= 0.6 is 0 Å². The summed E-state index contributed by atoms with van der Waals surface area (Å²) >= 11 is 0. The Morgan fingerprint density at radius 3 is 2.19 bits per heavy atom. The highest BCUT2D eigenvalue weighted by atomic mass is 32.2. The lowest BCUT2D eigenvalue weighted by atomic mass is 10.1. The van der Waals surface area contributed by atoms with Gasteiger partial charge in [-0.15, -0.1) is 0 Å². The molecule has 0 bridgehead atoms. The maximum absolute atomic E-state index is 11.8. The number of sulfonamides is 1. The summed E-state index contributed by atoms with van der Waals surface area (Å²) in [7, 11) is -3.57. The maximum atomic E-state index is 11.8. The van der Waals surface area contributed by atoms with Gasteiger partial charge in [-0.25, -0.2) is 8.42 Å². The van der Waals surface area contributed by atoms with E-state index in [-0.39, 0.29) is 24.3 Å². The minimum Gasteiger partial charge on any atom is -0.379 e. The Morgan fingerprint density at radius 1 is 1.00 bits per heavy atom. The van der Waals surface area contributed by atoms with Crippen LogP contribution in [0.4, 0.5) is 0 Å². The third-order valence-electron chi connectivity index (χ3n) is 3.45. The van der Waals surface area contributed by atoms with E-state index >= 15 is 0 Å². The topological polar surface area (TPSA) is 93.7 Å². The molecule has 0 aromatic heterocycles. The Kier molecular flexibility index (Phi) is 13.1. The van der Waals surface area contributed by atoms with Crippen molar-refractivity contribution < 1.29 is 22.7 Å². The van der Waals surface area contributed by atoms with E-state index < -0.39 is 15.9 Å². The third kappa shape index (κ3) is 18.1. The first-order valence-electron chi connectivity index (χ1n) is 9.46. The molecule has 26 heavy (non-hydrogen) atoms. The maximum Gasteiger partial charge on any atom is 0.235 e. The van der Waals surface area contributed by atoms with Crippen LogP contribution in [0.25, 0.3) is 0 Å². The number of ether oxygens (including phenoxy) is 2. The largest absolute Gasteiger partial charge is 0.379 e. The minimum absolute atomic E-state index is 0.0204. The lowest BCUT2D eigenvalue weighted by Crippen LogP contribution is -2.37. The smallest absolute Gasteiger partial charge is 0.235 e. The van der Waals surface area contributed by atoms with Crippen LogP contribution < -0.4 is 10.0 Å². The van der Waals surface area contributed by atoms with Gasteiger partial charge in [0.15, 0.2) is 0 Å². The number of carbonyl (C=O) groups excluding carboxylic acids is 1. The summed E-state index contributed by atoms with van der Waals surface area (Å²) in [5.74, 6) is 0.0321. The van der Waals surface area contributed by atoms with Crippen LogP contribution in [-0.2, 0) is 24.3 Å². The number of rotatable bonds is 15. The fourth-order valence-electron chi connectivity index (χ4n) is 1.96. The monoisotopic (exact) mass is 394 g/mol. The Morgan fingerprint density at radius 2 is 1.62 bits per heavy atom. The SMILES string of the molecule is CC(C)CCOCCOCCC(=O)NS(=O)(=O)CCCCNC(C)(C)C. The lowest BCUT2D eigenvalue weighted by Gasteiger charge is -2.20. The molecular formula is C18H38N2O5S. The fraction of sp³-hybridized carbons (Fsp3) is 0.944. The van der Waals surface area contributed by atoms with Gasteiger partial charge in [0.2, 0.25) is 15.9 Å². The first-order valence-corrected chi connectivity index (χ1v) is 11.1. The average molecular weight is 395 g/mol. The van der Waals surface area contributed by atoms with E-state index in [4.69, 9.17) is 9.47 Å². The number of carbonyl (C=O) groups is 1. The zero-order valence-electron chi connectivity index (χ0n) is 17.1. The summed E-state index contributed by atoms with van der Waals surface area (Å²) in [5, 5.41) is 3.30. The molecule has 0 aliphatic heterocycles. The van der Waals surface area contributed by atoms with Gasteiger partial charge in [-0.3, -0.25) is 9.52 Å². The van der Waals surface area contributed by atoms with Crippen LogP contribution in [0.3, 0.4) is 0 Å². The van der Waals surface area contributed by atoms with E-state index in [0.29, 0.717) is 32.2 Å². The summed E-state index contributed by atoms with van der Waals surface area (Å²) in [6, 6.07) is 0. The predicted octanol–water partition coefficient (Wildman–Crippen LogP) is 2.07.